The van der Waals surface area contributed by atoms with E-state index in [1.54, 1.807) is 11.3 Å². The van der Waals surface area contributed by atoms with Crippen molar-refractivity contribution in [2.45, 2.75) is 13.3 Å². The molecule has 0 fully saturated rings. The highest BCUT2D eigenvalue weighted by molar-refractivity contribution is 7.80. The lowest BCUT2D eigenvalue weighted by atomic mass is 10.0. The summed E-state index contributed by atoms with van der Waals surface area (Å²) >= 11 is 6.50. The van der Waals surface area contributed by atoms with Crippen LogP contribution in [0.25, 0.3) is 32.8 Å². The highest BCUT2D eigenvalue weighted by atomic mass is 32.1. The molecule has 0 saturated heterocycles. The van der Waals surface area contributed by atoms with Crippen LogP contribution < -0.4 is 5.73 Å². The van der Waals surface area contributed by atoms with E-state index in [9.17, 15) is 4.79 Å². The van der Waals surface area contributed by atoms with Crippen molar-refractivity contribution in [1.29, 1.82) is 0 Å². The molecule has 0 atom stereocenters. The number of methoxy groups -OCH3 is 1. The minimum atomic E-state index is -0.260. The van der Waals surface area contributed by atoms with E-state index in [1.807, 2.05) is 67.6 Å². The number of carbonyl (C=O) groups is 1. The summed E-state index contributed by atoms with van der Waals surface area (Å²) in [5.41, 5.74) is 13.1. The molecule has 0 aliphatic heterocycles. The van der Waals surface area contributed by atoms with Crippen LogP contribution >= 0.6 is 23.6 Å². The second-order valence-corrected chi connectivity index (χ2v) is 10.2. The zero-order valence-corrected chi connectivity index (χ0v) is 22.9. The molecule has 4 nitrogen and oxygen atoms in total. The van der Waals surface area contributed by atoms with Gasteiger partial charge in [0.1, 0.15) is 10.00 Å². The van der Waals surface area contributed by atoms with Gasteiger partial charge in [0, 0.05) is 16.0 Å². The van der Waals surface area contributed by atoms with Crippen LogP contribution in [0.2, 0.25) is 0 Å². The number of rotatable bonds is 6. The van der Waals surface area contributed by atoms with E-state index >= 15 is 0 Å². The van der Waals surface area contributed by atoms with Gasteiger partial charge in [-0.2, -0.15) is 0 Å². The molecular weight excluding hydrogens is 508 g/mol. The van der Waals surface area contributed by atoms with Gasteiger partial charge in [0.2, 0.25) is 0 Å². The lowest BCUT2D eigenvalue weighted by molar-refractivity contribution is -0.139. The van der Waals surface area contributed by atoms with Gasteiger partial charge in [-0.1, -0.05) is 121 Å². The van der Waals surface area contributed by atoms with E-state index in [2.05, 4.69) is 53.5 Å². The van der Waals surface area contributed by atoms with E-state index in [0.717, 1.165) is 26.7 Å². The number of nitrogens with two attached hydrogens (primary N) is 1. The van der Waals surface area contributed by atoms with Crippen LogP contribution in [0.15, 0.2) is 109 Å². The van der Waals surface area contributed by atoms with Gasteiger partial charge < -0.3 is 10.5 Å². The van der Waals surface area contributed by atoms with E-state index in [4.69, 9.17) is 22.7 Å². The Morgan fingerprint density at radius 2 is 1.21 bits per heavy atom. The Balaban J connectivity index is 0.000000194. The third kappa shape index (κ3) is 7.00. The van der Waals surface area contributed by atoms with Gasteiger partial charge >= 0.3 is 5.97 Å². The van der Waals surface area contributed by atoms with Gasteiger partial charge in [-0.3, -0.25) is 4.79 Å². The number of aromatic nitrogens is 1. The van der Waals surface area contributed by atoms with E-state index in [-0.39, 0.29) is 12.4 Å². The average molecular weight is 537 g/mol. The van der Waals surface area contributed by atoms with Gasteiger partial charge in [0.15, 0.2) is 0 Å². The SMILES string of the molecule is COC(=O)Cc1nc(-c2ccc(-c3ccccc3)cc2)sc1C.NC(=S)c1ccc(-c2ccccc2)cc1. The number of ether oxygens (including phenoxy) is 1. The highest BCUT2D eigenvalue weighted by Gasteiger charge is 2.13. The predicted octanol–water partition coefficient (Wildman–Crippen LogP) is 7.49. The Hall–Kier alpha value is -4.13. The maximum absolute atomic E-state index is 11.4. The molecular formula is C32H28N2O2S2. The van der Waals surface area contributed by atoms with Crippen LogP contribution in [0.1, 0.15) is 16.1 Å². The van der Waals surface area contributed by atoms with Crippen LogP contribution in [0.3, 0.4) is 0 Å². The second-order valence-electron chi connectivity index (χ2n) is 8.53. The molecule has 0 spiro atoms. The first-order chi connectivity index (χ1) is 18.4. The Kier molecular flexibility index (Phi) is 9.14. The quantitative estimate of drug-likeness (QED) is 0.180. The molecule has 0 unspecified atom stereocenters. The van der Waals surface area contributed by atoms with Gasteiger partial charge in [-0.05, 0) is 29.2 Å². The Morgan fingerprint density at radius 1 is 0.763 bits per heavy atom. The van der Waals surface area contributed by atoms with E-state index in [0.29, 0.717) is 4.99 Å². The molecule has 0 saturated carbocycles. The summed E-state index contributed by atoms with van der Waals surface area (Å²) < 4.78 is 4.71. The minimum Gasteiger partial charge on any atom is -0.469 e. The average Bonchev–Trinajstić information content (AvgIpc) is 3.34. The molecule has 5 aromatic rings. The molecule has 5 rings (SSSR count). The molecule has 190 valence electrons. The van der Waals surface area contributed by atoms with Crippen molar-refractivity contribution in [3.05, 3.63) is 125 Å². The van der Waals surface area contributed by atoms with E-state index in [1.165, 1.54) is 29.4 Å². The van der Waals surface area contributed by atoms with Gasteiger partial charge in [-0.15, -0.1) is 11.3 Å². The molecule has 4 aromatic carbocycles. The molecule has 0 aliphatic carbocycles. The number of esters is 1. The van der Waals surface area contributed by atoms with Gasteiger partial charge in [0.05, 0.1) is 19.2 Å². The summed E-state index contributed by atoms with van der Waals surface area (Å²) in [5, 5.41) is 0.931. The van der Waals surface area contributed by atoms with Crippen molar-refractivity contribution < 1.29 is 9.53 Å². The first-order valence-electron chi connectivity index (χ1n) is 12.1. The van der Waals surface area contributed by atoms with Gasteiger partial charge in [0.25, 0.3) is 0 Å². The molecule has 0 radical (unpaired) electrons. The van der Waals surface area contributed by atoms with Crippen molar-refractivity contribution >= 4 is 34.5 Å². The molecule has 1 aromatic heterocycles. The third-order valence-electron chi connectivity index (χ3n) is 5.95. The van der Waals surface area contributed by atoms with Crippen LogP contribution in [0, 0.1) is 6.92 Å². The highest BCUT2D eigenvalue weighted by Crippen LogP contribution is 2.30. The van der Waals surface area contributed by atoms with Crippen molar-refractivity contribution in [2.75, 3.05) is 7.11 Å². The summed E-state index contributed by atoms with van der Waals surface area (Å²) in [4.78, 5) is 17.5. The number of hydrogen-bond donors (Lipinski definition) is 1. The second kappa shape index (κ2) is 12.9. The summed E-state index contributed by atoms with van der Waals surface area (Å²) in [7, 11) is 1.40. The largest absolute Gasteiger partial charge is 0.469 e. The lowest BCUT2D eigenvalue weighted by Crippen LogP contribution is -2.08. The Morgan fingerprint density at radius 3 is 1.68 bits per heavy atom. The van der Waals surface area contributed by atoms with E-state index < -0.39 is 0 Å². The van der Waals surface area contributed by atoms with Crippen molar-refractivity contribution in [3.8, 4) is 32.8 Å². The molecule has 1 heterocycles. The molecule has 0 amide bonds. The predicted molar refractivity (Wildman–Crippen MR) is 161 cm³/mol. The third-order valence-corrected chi connectivity index (χ3v) is 7.25. The lowest BCUT2D eigenvalue weighted by Gasteiger charge is -2.02. The topological polar surface area (TPSA) is 65.2 Å². The fraction of sp³-hybridized carbons (Fsp3) is 0.0938. The van der Waals surface area contributed by atoms with Crippen molar-refractivity contribution in [2.24, 2.45) is 5.73 Å². The molecule has 6 heteroatoms. The van der Waals surface area contributed by atoms with Gasteiger partial charge in [-0.25, -0.2) is 4.98 Å². The number of thiocarbonyl (C=S) groups is 1. The first-order valence-corrected chi connectivity index (χ1v) is 13.3. The molecule has 2 N–H and O–H groups in total. The number of hydrogen-bond acceptors (Lipinski definition) is 5. The number of carbonyl (C=O) groups excluding carboxylic acids is 1. The number of nitrogens with zero attached hydrogens (tertiary/aromatic N) is 1. The van der Waals surface area contributed by atoms with Crippen LogP contribution in [0.4, 0.5) is 0 Å². The summed E-state index contributed by atoms with van der Waals surface area (Å²) in [6.45, 7) is 1.98. The molecule has 38 heavy (non-hydrogen) atoms. The zero-order chi connectivity index (χ0) is 26.9. The maximum Gasteiger partial charge on any atom is 0.311 e. The fourth-order valence-electron chi connectivity index (χ4n) is 3.82. The monoisotopic (exact) mass is 536 g/mol. The number of thiazole rings is 1. The van der Waals surface area contributed by atoms with Crippen molar-refractivity contribution in [1.82, 2.24) is 4.98 Å². The number of aryl methyl sites for hydroxylation is 1. The Bertz CT molecular complexity index is 1500. The smallest absolute Gasteiger partial charge is 0.311 e. The Labute approximate surface area is 232 Å². The first kappa shape index (κ1) is 26.9. The standard InChI is InChI=1S/C19H17NO2S.C13H11NS/c1-13-17(12-18(21)22-2)20-19(23-13)16-10-8-15(9-11-16)14-6-4-3-5-7-14;14-13(15)12-8-6-11(7-9-12)10-4-2-1-3-5-10/h3-11H,12H2,1-2H3;1-9H,(H2,14,15). The fourth-order valence-corrected chi connectivity index (χ4v) is 4.89. The maximum atomic E-state index is 11.4. The normalized spacial score (nSPS) is 10.3. The summed E-state index contributed by atoms with van der Waals surface area (Å²) in [6.07, 6.45) is 0.223. The van der Waals surface area contributed by atoms with Crippen molar-refractivity contribution in [3.63, 3.8) is 0 Å². The molecule has 0 aliphatic rings. The summed E-state index contributed by atoms with van der Waals surface area (Å²) in [6, 6.07) is 36.8. The number of benzene rings is 4. The van der Waals surface area contributed by atoms with Crippen LogP contribution in [0.5, 0.6) is 0 Å². The summed E-state index contributed by atoms with van der Waals surface area (Å²) in [5.74, 6) is -0.260. The molecule has 0 bridgehead atoms. The minimum absolute atomic E-state index is 0.223. The van der Waals surface area contributed by atoms with Crippen LogP contribution in [-0.4, -0.2) is 23.1 Å². The zero-order valence-electron chi connectivity index (χ0n) is 21.3. The van der Waals surface area contributed by atoms with Crippen LogP contribution in [-0.2, 0) is 16.0 Å².